The number of alkyl halides is 5. The smallest absolute Gasteiger partial charge is 0.417 e. The van der Waals surface area contributed by atoms with Crippen LogP contribution < -0.4 is 4.74 Å². The maximum Gasteiger partial charge on any atom is 0.435 e. The average molecular weight is 375 g/mol. The van der Waals surface area contributed by atoms with Gasteiger partial charge in [-0.15, -0.1) is 0 Å². The Morgan fingerprint density at radius 2 is 2.04 bits per heavy atom. The lowest BCUT2D eigenvalue weighted by Crippen LogP contribution is -2.21. The minimum absolute atomic E-state index is 0.0416. The van der Waals surface area contributed by atoms with Gasteiger partial charge in [0.15, 0.2) is 5.69 Å². The molecular formula is C12H14F5N3O3S. The number of ether oxygens (including phenoxy) is 1. The van der Waals surface area contributed by atoms with Gasteiger partial charge < -0.3 is 9.57 Å². The third-order valence-corrected chi connectivity index (χ3v) is 4.36. The molecule has 24 heavy (non-hydrogen) atoms. The molecule has 2 rings (SSSR count). The zero-order valence-corrected chi connectivity index (χ0v) is 13.7. The summed E-state index contributed by atoms with van der Waals surface area (Å²) in [6.45, 7) is -0.0196. The molecule has 0 saturated heterocycles. The summed E-state index contributed by atoms with van der Waals surface area (Å²) in [5.41, 5.74) is -2.86. The number of halogens is 5. The van der Waals surface area contributed by atoms with Crippen LogP contribution in [0.2, 0.25) is 0 Å². The zero-order valence-electron chi connectivity index (χ0n) is 12.9. The van der Waals surface area contributed by atoms with E-state index in [0.29, 0.717) is 4.68 Å². The Hall–Kier alpha value is -1.72. The Bertz CT molecular complexity index is 684. The zero-order chi connectivity index (χ0) is 18.3. The summed E-state index contributed by atoms with van der Waals surface area (Å²) in [5, 5.41) is 6.81. The van der Waals surface area contributed by atoms with E-state index in [4.69, 9.17) is 4.84 Å². The van der Waals surface area contributed by atoms with Gasteiger partial charge in [0.25, 0.3) is 0 Å². The maximum atomic E-state index is 13.1. The molecule has 0 saturated carbocycles. The van der Waals surface area contributed by atoms with E-state index in [1.54, 1.807) is 13.8 Å². The number of aryl methyl sites for hydroxylation is 1. The molecule has 0 unspecified atom stereocenters. The van der Waals surface area contributed by atoms with Crippen LogP contribution in [0.3, 0.4) is 0 Å². The number of oxime groups is 1. The molecule has 0 amide bonds. The van der Waals surface area contributed by atoms with Gasteiger partial charge in [0.05, 0.1) is 22.1 Å². The van der Waals surface area contributed by atoms with Gasteiger partial charge >= 0.3 is 12.8 Å². The van der Waals surface area contributed by atoms with Gasteiger partial charge in [0.2, 0.25) is 5.88 Å². The first-order valence-corrected chi connectivity index (χ1v) is 7.94. The molecule has 1 aromatic rings. The molecule has 12 heteroatoms. The molecule has 2 heterocycles. The summed E-state index contributed by atoms with van der Waals surface area (Å²) >= 11 is 0. The van der Waals surface area contributed by atoms with Gasteiger partial charge in [-0.2, -0.15) is 27.1 Å². The number of hydrogen-bond donors (Lipinski definition) is 0. The van der Waals surface area contributed by atoms with Gasteiger partial charge in [-0.3, -0.25) is 4.21 Å². The SMILES string of the molecule is Cn1nc(C(F)(F)F)c(C[S@](=O)C2=NOC(C)(C)C2)c1OC(F)F. The van der Waals surface area contributed by atoms with Crippen molar-refractivity contribution >= 4 is 15.8 Å². The summed E-state index contributed by atoms with van der Waals surface area (Å²) in [5.74, 6) is -1.51. The van der Waals surface area contributed by atoms with Gasteiger partial charge in [0.1, 0.15) is 10.6 Å². The van der Waals surface area contributed by atoms with Crippen molar-refractivity contribution in [3.63, 3.8) is 0 Å². The monoisotopic (exact) mass is 375 g/mol. The predicted molar refractivity (Wildman–Crippen MR) is 73.9 cm³/mol. The molecule has 0 fully saturated rings. The summed E-state index contributed by atoms with van der Waals surface area (Å²) in [6, 6.07) is 0. The number of aromatic nitrogens is 2. The second kappa shape index (κ2) is 6.30. The highest BCUT2D eigenvalue weighted by atomic mass is 32.2. The first-order valence-electron chi connectivity index (χ1n) is 6.62. The molecule has 0 N–H and O–H groups in total. The minimum Gasteiger partial charge on any atom is -0.417 e. The lowest BCUT2D eigenvalue weighted by atomic mass is 10.1. The highest BCUT2D eigenvalue weighted by Crippen LogP contribution is 2.37. The van der Waals surface area contributed by atoms with Gasteiger partial charge in [-0.25, -0.2) is 4.68 Å². The minimum atomic E-state index is -4.91. The van der Waals surface area contributed by atoms with Crippen molar-refractivity contribution < 1.29 is 35.7 Å². The molecule has 136 valence electrons. The van der Waals surface area contributed by atoms with Crippen LogP contribution in [0.15, 0.2) is 5.16 Å². The van der Waals surface area contributed by atoms with E-state index in [1.165, 1.54) is 0 Å². The van der Waals surface area contributed by atoms with Crippen LogP contribution in [0, 0.1) is 0 Å². The van der Waals surface area contributed by atoms with E-state index >= 15 is 0 Å². The fourth-order valence-corrected chi connectivity index (χ4v) is 3.40. The fourth-order valence-electron chi connectivity index (χ4n) is 2.08. The third-order valence-electron chi connectivity index (χ3n) is 3.07. The number of hydrogen-bond acceptors (Lipinski definition) is 5. The van der Waals surface area contributed by atoms with Crippen molar-refractivity contribution in [3.05, 3.63) is 11.3 Å². The Balaban J connectivity index is 2.35. The van der Waals surface area contributed by atoms with E-state index < -0.39 is 52.1 Å². The molecule has 1 aliphatic heterocycles. The van der Waals surface area contributed by atoms with E-state index in [1.807, 2.05) is 0 Å². The van der Waals surface area contributed by atoms with E-state index in [-0.39, 0.29) is 11.5 Å². The van der Waals surface area contributed by atoms with Gasteiger partial charge in [-0.05, 0) is 13.8 Å². The standard InChI is InChI=1S/C12H14F5N3O3S/c1-11(2)4-7(19-23-11)24(21)5-6-8(12(15,16)17)18-20(3)9(6)22-10(13)14/h10H,4-5H2,1-3H3/t24-/m0/s1. The van der Waals surface area contributed by atoms with Crippen molar-refractivity contribution in [1.82, 2.24) is 9.78 Å². The Labute approximate surface area is 136 Å². The van der Waals surface area contributed by atoms with Crippen molar-refractivity contribution in [1.29, 1.82) is 0 Å². The maximum absolute atomic E-state index is 13.1. The molecule has 1 aliphatic rings. The summed E-state index contributed by atoms with van der Waals surface area (Å²) in [4.78, 5) is 5.01. The molecule has 0 aliphatic carbocycles. The molecule has 0 spiro atoms. The molecule has 1 aromatic heterocycles. The molecule has 0 bridgehead atoms. The van der Waals surface area contributed by atoms with E-state index in [2.05, 4.69) is 15.0 Å². The highest BCUT2D eigenvalue weighted by molar-refractivity contribution is 7.99. The quantitative estimate of drug-likeness (QED) is 0.759. The molecule has 0 radical (unpaired) electrons. The van der Waals surface area contributed by atoms with Crippen molar-refractivity contribution in [2.24, 2.45) is 12.2 Å². The highest BCUT2D eigenvalue weighted by Gasteiger charge is 2.41. The van der Waals surface area contributed by atoms with Crippen LogP contribution in [-0.2, 0) is 34.6 Å². The van der Waals surface area contributed by atoms with Crippen LogP contribution in [0.1, 0.15) is 31.5 Å². The average Bonchev–Trinajstić information content (AvgIpc) is 2.91. The topological polar surface area (TPSA) is 65.7 Å². The largest absolute Gasteiger partial charge is 0.435 e. The third kappa shape index (κ3) is 4.02. The first kappa shape index (κ1) is 18.6. The Morgan fingerprint density at radius 3 is 2.50 bits per heavy atom. The summed E-state index contributed by atoms with van der Waals surface area (Å²) < 4.78 is 81.0. The lowest BCUT2D eigenvalue weighted by molar-refractivity contribution is -0.142. The Morgan fingerprint density at radius 1 is 1.42 bits per heavy atom. The number of rotatable bonds is 4. The van der Waals surface area contributed by atoms with Crippen molar-refractivity contribution in [2.45, 2.75) is 44.4 Å². The van der Waals surface area contributed by atoms with Gasteiger partial charge in [0, 0.05) is 13.5 Å². The molecule has 1 atom stereocenters. The second-order valence-corrected chi connectivity index (χ2v) is 7.09. The van der Waals surface area contributed by atoms with Crippen molar-refractivity contribution in [2.75, 3.05) is 0 Å². The lowest BCUT2D eigenvalue weighted by Gasteiger charge is -2.13. The number of nitrogens with zero attached hydrogens (tertiary/aromatic N) is 3. The van der Waals surface area contributed by atoms with E-state index in [9.17, 15) is 26.2 Å². The summed E-state index contributed by atoms with van der Waals surface area (Å²) in [6.07, 6.45) is -4.76. The normalized spacial score (nSPS) is 18.5. The van der Waals surface area contributed by atoms with Crippen LogP contribution in [0.5, 0.6) is 5.88 Å². The van der Waals surface area contributed by atoms with E-state index in [0.717, 1.165) is 7.05 Å². The predicted octanol–water partition coefficient (Wildman–Crippen LogP) is 2.80. The van der Waals surface area contributed by atoms with Crippen LogP contribution in [0.25, 0.3) is 0 Å². The van der Waals surface area contributed by atoms with Gasteiger partial charge in [-0.1, -0.05) is 5.16 Å². The molecular weight excluding hydrogens is 361 g/mol. The van der Waals surface area contributed by atoms with Crippen LogP contribution in [0.4, 0.5) is 22.0 Å². The van der Waals surface area contributed by atoms with Crippen LogP contribution in [-0.4, -0.2) is 31.2 Å². The van der Waals surface area contributed by atoms with Crippen molar-refractivity contribution in [3.8, 4) is 5.88 Å². The van der Waals surface area contributed by atoms with Crippen LogP contribution >= 0.6 is 0 Å². The molecule has 6 nitrogen and oxygen atoms in total. The fraction of sp³-hybridized carbons (Fsp3) is 0.667. The summed E-state index contributed by atoms with van der Waals surface area (Å²) in [7, 11) is -0.977. The first-order chi connectivity index (χ1) is 10.9. The Kier molecular flexibility index (Phi) is 4.88. The molecule has 0 aromatic carbocycles. The second-order valence-electron chi connectivity index (χ2n) is 5.63.